The molecule has 1 unspecified atom stereocenters. The third kappa shape index (κ3) is 3.29. The van der Waals surface area contributed by atoms with Crippen LogP contribution in [0.25, 0.3) is 0 Å². The van der Waals surface area contributed by atoms with Gasteiger partial charge in [0.15, 0.2) is 6.04 Å². The van der Waals surface area contributed by atoms with E-state index in [2.05, 4.69) is 4.74 Å². The lowest BCUT2D eigenvalue weighted by atomic mass is 10.1. The Morgan fingerprint density at radius 2 is 1.40 bits per heavy atom. The molecule has 0 radical (unpaired) electrons. The molecule has 1 atom stereocenters. The van der Waals surface area contributed by atoms with Gasteiger partial charge in [-0.2, -0.15) is 0 Å². The lowest BCUT2D eigenvalue weighted by Gasteiger charge is -2.23. The Hall–Kier alpha value is -1.54. The first-order valence-electron chi connectivity index (χ1n) is 6.58. The number of benzene rings is 1. The number of amides is 2. The molecule has 11 heteroatoms. The molecule has 2 rings (SSSR count). The summed E-state index contributed by atoms with van der Waals surface area (Å²) < 4.78 is 9.30. The summed E-state index contributed by atoms with van der Waals surface area (Å²) >= 11 is 23.8. The van der Waals surface area contributed by atoms with Crippen molar-refractivity contribution < 1.29 is 28.7 Å². The van der Waals surface area contributed by atoms with E-state index in [-0.39, 0.29) is 31.2 Å². The minimum Gasteiger partial charge on any atom is -0.467 e. The molecular weight excluding hydrogens is 420 g/mol. The van der Waals surface area contributed by atoms with Gasteiger partial charge in [0.25, 0.3) is 11.8 Å². The molecule has 134 valence electrons. The first-order valence-corrected chi connectivity index (χ1v) is 8.09. The monoisotopic (exact) mass is 427 g/mol. The molecular formula is C14H9Cl4NO6. The zero-order valence-electron chi connectivity index (χ0n) is 12.7. The van der Waals surface area contributed by atoms with Crippen molar-refractivity contribution in [3.05, 3.63) is 31.2 Å². The maximum absolute atomic E-state index is 12.7. The third-order valence-electron chi connectivity index (χ3n) is 3.36. The fraction of sp³-hybridized carbons (Fsp3) is 0.286. The summed E-state index contributed by atoms with van der Waals surface area (Å²) in [6, 6.07) is -1.52. The van der Waals surface area contributed by atoms with Crippen LogP contribution in [-0.2, 0) is 19.1 Å². The van der Waals surface area contributed by atoms with Crippen molar-refractivity contribution >= 4 is 70.2 Å². The minimum atomic E-state index is -1.52. The quantitative estimate of drug-likeness (QED) is 0.317. The van der Waals surface area contributed by atoms with Gasteiger partial charge in [-0.05, 0) is 0 Å². The summed E-state index contributed by atoms with van der Waals surface area (Å²) in [4.78, 5) is 48.9. The van der Waals surface area contributed by atoms with Gasteiger partial charge in [-0.15, -0.1) is 0 Å². The molecule has 1 aromatic rings. The lowest BCUT2D eigenvalue weighted by Crippen LogP contribution is -2.48. The van der Waals surface area contributed by atoms with Gasteiger partial charge >= 0.3 is 11.9 Å². The van der Waals surface area contributed by atoms with Crippen molar-refractivity contribution in [2.24, 2.45) is 0 Å². The number of rotatable bonds is 4. The number of carbonyl (C=O) groups is 4. The second-order valence-corrected chi connectivity index (χ2v) is 6.34. The molecule has 0 bridgehead atoms. The molecule has 0 N–H and O–H groups in total. The van der Waals surface area contributed by atoms with E-state index in [1.54, 1.807) is 0 Å². The van der Waals surface area contributed by atoms with Crippen LogP contribution >= 0.6 is 46.4 Å². The molecule has 25 heavy (non-hydrogen) atoms. The van der Waals surface area contributed by atoms with Crippen molar-refractivity contribution in [1.29, 1.82) is 0 Å². The Morgan fingerprint density at radius 3 is 1.76 bits per heavy atom. The number of esters is 2. The third-order valence-corrected chi connectivity index (χ3v) is 5.16. The van der Waals surface area contributed by atoms with Crippen LogP contribution in [-0.4, -0.2) is 48.4 Å². The predicted molar refractivity (Wildman–Crippen MR) is 89.4 cm³/mol. The number of imide groups is 1. The smallest absolute Gasteiger partial charge is 0.332 e. The largest absolute Gasteiger partial charge is 0.467 e. The molecule has 1 aliphatic heterocycles. The minimum absolute atomic E-state index is 0.204. The van der Waals surface area contributed by atoms with Crippen molar-refractivity contribution in [2.75, 3.05) is 13.7 Å². The fourth-order valence-corrected chi connectivity index (χ4v) is 3.24. The molecule has 7 nitrogen and oxygen atoms in total. The Bertz CT molecular complexity index is 762. The number of halogens is 4. The molecule has 2 amide bonds. The highest BCUT2D eigenvalue weighted by molar-refractivity contribution is 6.55. The highest BCUT2D eigenvalue weighted by Gasteiger charge is 2.47. The van der Waals surface area contributed by atoms with Crippen LogP contribution in [0.4, 0.5) is 0 Å². The van der Waals surface area contributed by atoms with Crippen molar-refractivity contribution in [2.45, 2.75) is 13.0 Å². The van der Waals surface area contributed by atoms with Gasteiger partial charge in [-0.3, -0.25) is 19.3 Å². The zero-order valence-corrected chi connectivity index (χ0v) is 15.7. The molecule has 0 aromatic heterocycles. The van der Waals surface area contributed by atoms with Gasteiger partial charge in [-0.25, -0.2) is 4.79 Å². The first kappa shape index (κ1) is 19.8. The van der Waals surface area contributed by atoms with Crippen LogP contribution in [0, 0.1) is 0 Å². The summed E-state index contributed by atoms with van der Waals surface area (Å²) in [5.74, 6) is -3.56. The van der Waals surface area contributed by atoms with Crippen LogP contribution in [0.15, 0.2) is 0 Å². The number of carbonyl (C=O) groups excluding carboxylic acids is 4. The highest BCUT2D eigenvalue weighted by Crippen LogP contribution is 2.45. The van der Waals surface area contributed by atoms with Crippen molar-refractivity contribution in [1.82, 2.24) is 4.90 Å². The summed E-state index contributed by atoms with van der Waals surface area (Å²) in [5, 5.41) is -0.958. The number of hydrogen-bond donors (Lipinski definition) is 0. The standard InChI is InChI=1S/C14H9Cl4NO6/c1-4(20)25-3-5(14(23)24-2)19-12(21)6-7(13(19)22)9(16)11(18)10(17)8(6)15/h5H,3H2,1-2H3. The number of ether oxygens (including phenoxy) is 2. The number of nitrogens with zero attached hydrogens (tertiary/aromatic N) is 1. The van der Waals surface area contributed by atoms with Gasteiger partial charge < -0.3 is 9.47 Å². The van der Waals surface area contributed by atoms with Gasteiger partial charge in [0.2, 0.25) is 0 Å². The normalized spacial score (nSPS) is 14.4. The van der Waals surface area contributed by atoms with E-state index in [4.69, 9.17) is 51.1 Å². The lowest BCUT2D eigenvalue weighted by molar-refractivity contribution is -0.151. The average Bonchev–Trinajstić information content (AvgIpc) is 2.82. The predicted octanol–water partition coefficient (Wildman–Crippen LogP) is 3.00. The zero-order chi connectivity index (χ0) is 19.0. The van der Waals surface area contributed by atoms with E-state index < -0.39 is 36.4 Å². The van der Waals surface area contributed by atoms with E-state index in [1.165, 1.54) is 0 Å². The molecule has 0 saturated carbocycles. The SMILES string of the molecule is COC(=O)C(COC(C)=O)N1C(=O)c2c(Cl)c(Cl)c(Cl)c(Cl)c2C1=O. The van der Waals surface area contributed by atoms with Crippen LogP contribution in [0.1, 0.15) is 27.6 Å². The molecule has 0 fully saturated rings. The van der Waals surface area contributed by atoms with E-state index in [0.717, 1.165) is 14.0 Å². The second kappa shape index (κ2) is 7.37. The maximum atomic E-state index is 12.7. The molecule has 1 aliphatic rings. The van der Waals surface area contributed by atoms with Crippen molar-refractivity contribution in [3.63, 3.8) is 0 Å². The highest BCUT2D eigenvalue weighted by atomic mass is 35.5. The van der Waals surface area contributed by atoms with E-state index >= 15 is 0 Å². The van der Waals surface area contributed by atoms with Gasteiger partial charge in [-0.1, -0.05) is 46.4 Å². The fourth-order valence-electron chi connectivity index (χ4n) is 2.23. The summed E-state index contributed by atoms with van der Waals surface area (Å²) in [7, 11) is 1.05. The van der Waals surface area contributed by atoms with Gasteiger partial charge in [0, 0.05) is 6.92 Å². The Morgan fingerprint density at radius 1 is 0.960 bits per heavy atom. The van der Waals surface area contributed by atoms with Crippen molar-refractivity contribution in [3.8, 4) is 0 Å². The first-order chi connectivity index (χ1) is 11.6. The average molecular weight is 429 g/mol. The summed E-state index contributed by atoms with van der Waals surface area (Å²) in [6.45, 7) is 0.508. The number of methoxy groups -OCH3 is 1. The molecule has 0 aliphatic carbocycles. The van der Waals surface area contributed by atoms with Gasteiger partial charge in [0.1, 0.15) is 6.61 Å². The van der Waals surface area contributed by atoms with Crippen LogP contribution in [0.2, 0.25) is 20.1 Å². The number of hydrogen-bond acceptors (Lipinski definition) is 6. The topological polar surface area (TPSA) is 90.0 Å². The maximum Gasteiger partial charge on any atom is 0.332 e. The van der Waals surface area contributed by atoms with E-state index in [1.807, 2.05) is 0 Å². The summed E-state index contributed by atoms with van der Waals surface area (Å²) in [6.07, 6.45) is 0. The van der Waals surface area contributed by atoms with Gasteiger partial charge in [0.05, 0.1) is 38.3 Å². The number of fused-ring (bicyclic) bond motifs is 1. The van der Waals surface area contributed by atoms with Crippen LogP contribution < -0.4 is 0 Å². The Kier molecular flexibility index (Phi) is 5.83. The van der Waals surface area contributed by atoms with E-state index in [0.29, 0.717) is 4.90 Å². The molecule has 1 heterocycles. The van der Waals surface area contributed by atoms with Crippen LogP contribution in [0.5, 0.6) is 0 Å². The second-order valence-electron chi connectivity index (χ2n) is 4.83. The molecule has 0 spiro atoms. The molecule has 1 aromatic carbocycles. The summed E-state index contributed by atoms with van der Waals surface area (Å²) in [5.41, 5.74) is -0.578. The Balaban J connectivity index is 2.57. The molecule has 0 saturated heterocycles. The Labute approximate surface area is 161 Å². The van der Waals surface area contributed by atoms with Crippen LogP contribution in [0.3, 0.4) is 0 Å². The van der Waals surface area contributed by atoms with E-state index in [9.17, 15) is 19.2 Å².